The van der Waals surface area contributed by atoms with Crippen molar-refractivity contribution in [2.24, 2.45) is 0 Å². The summed E-state index contributed by atoms with van der Waals surface area (Å²) < 4.78 is 4.74. The monoisotopic (exact) mass is 367 g/mol. The fraction of sp³-hybridized carbons (Fsp3) is 0.158. The lowest BCUT2D eigenvalue weighted by Gasteiger charge is -2.08. The molecule has 0 bridgehead atoms. The summed E-state index contributed by atoms with van der Waals surface area (Å²) in [4.78, 5) is 48.8. The van der Waals surface area contributed by atoms with Crippen LogP contribution in [-0.2, 0) is 9.53 Å². The molecule has 0 saturated heterocycles. The van der Waals surface area contributed by atoms with Crippen LogP contribution in [0.3, 0.4) is 0 Å². The van der Waals surface area contributed by atoms with E-state index in [1.807, 2.05) is 0 Å². The van der Waals surface area contributed by atoms with Crippen LogP contribution in [0.4, 0.5) is 11.4 Å². The van der Waals surface area contributed by atoms with Gasteiger partial charge in [-0.25, -0.2) is 0 Å². The van der Waals surface area contributed by atoms with E-state index in [0.717, 1.165) is 4.90 Å². The van der Waals surface area contributed by atoms with Crippen LogP contribution in [0.5, 0.6) is 0 Å². The summed E-state index contributed by atoms with van der Waals surface area (Å²) in [5, 5.41) is 5.35. The largest absolute Gasteiger partial charge is 0.375 e. The minimum atomic E-state index is -0.430. The van der Waals surface area contributed by atoms with E-state index in [4.69, 9.17) is 4.74 Å². The van der Waals surface area contributed by atoms with Crippen molar-refractivity contribution in [1.82, 2.24) is 4.90 Å². The number of ether oxygens (including phenoxy) is 1. The smallest absolute Gasteiger partial charge is 0.261 e. The number of nitrogens with one attached hydrogen (secondary N) is 2. The topological polar surface area (TPSA) is 105 Å². The van der Waals surface area contributed by atoms with E-state index in [1.165, 1.54) is 32.4 Å². The molecule has 8 nitrogen and oxygen atoms in total. The maximum Gasteiger partial charge on any atom is 0.261 e. The predicted octanol–water partition coefficient (Wildman–Crippen LogP) is 1.75. The first-order valence-corrected chi connectivity index (χ1v) is 8.07. The number of benzene rings is 2. The molecular formula is C19H17N3O5. The van der Waals surface area contributed by atoms with Crippen LogP contribution in [0, 0.1) is 0 Å². The predicted molar refractivity (Wildman–Crippen MR) is 97.8 cm³/mol. The second kappa shape index (κ2) is 7.38. The Kier molecular flexibility index (Phi) is 5.00. The van der Waals surface area contributed by atoms with Gasteiger partial charge in [0, 0.05) is 31.1 Å². The van der Waals surface area contributed by atoms with Gasteiger partial charge in [-0.1, -0.05) is 0 Å². The number of methoxy groups -OCH3 is 1. The summed E-state index contributed by atoms with van der Waals surface area (Å²) in [5.41, 5.74) is 1.86. The Morgan fingerprint density at radius 3 is 2.15 bits per heavy atom. The fourth-order valence-corrected chi connectivity index (χ4v) is 2.67. The van der Waals surface area contributed by atoms with Gasteiger partial charge >= 0.3 is 0 Å². The Bertz CT molecular complexity index is 937. The highest BCUT2D eigenvalue weighted by molar-refractivity contribution is 6.22. The van der Waals surface area contributed by atoms with Crippen LogP contribution in [0.15, 0.2) is 42.5 Å². The lowest BCUT2D eigenvalue weighted by atomic mass is 10.1. The van der Waals surface area contributed by atoms with Crippen LogP contribution >= 0.6 is 0 Å². The first-order valence-electron chi connectivity index (χ1n) is 8.07. The number of imide groups is 1. The molecule has 4 amide bonds. The zero-order chi connectivity index (χ0) is 19.6. The lowest BCUT2D eigenvalue weighted by Crippen LogP contribution is -2.24. The standard InChI is InChI=1S/C19H17N3O5/c1-22-18(25)14-8-3-11(9-15(14)19(22)26)17(24)21-13-6-4-12(5-7-13)20-16(23)10-27-2/h3-9H,10H2,1-2H3,(H,20,23)(H,21,24). The maximum atomic E-state index is 12.4. The van der Waals surface area contributed by atoms with Crippen molar-refractivity contribution in [2.45, 2.75) is 0 Å². The van der Waals surface area contributed by atoms with Crippen molar-refractivity contribution >= 4 is 35.0 Å². The van der Waals surface area contributed by atoms with Crippen molar-refractivity contribution < 1.29 is 23.9 Å². The minimum Gasteiger partial charge on any atom is -0.375 e. The molecule has 0 saturated carbocycles. The highest BCUT2D eigenvalue weighted by Gasteiger charge is 2.33. The SMILES string of the molecule is COCC(=O)Nc1ccc(NC(=O)c2ccc3c(c2)C(=O)N(C)C3=O)cc1. The van der Waals surface area contributed by atoms with Crippen LogP contribution in [0.1, 0.15) is 31.1 Å². The Balaban J connectivity index is 1.70. The van der Waals surface area contributed by atoms with E-state index < -0.39 is 11.8 Å². The number of fused-ring (bicyclic) bond motifs is 1. The first kappa shape index (κ1) is 18.3. The van der Waals surface area contributed by atoms with Crippen molar-refractivity contribution in [1.29, 1.82) is 0 Å². The van der Waals surface area contributed by atoms with Gasteiger partial charge in [0.15, 0.2) is 0 Å². The van der Waals surface area contributed by atoms with Crippen molar-refractivity contribution in [2.75, 3.05) is 31.4 Å². The summed E-state index contributed by atoms with van der Waals surface area (Å²) in [6, 6.07) is 10.9. The normalized spacial score (nSPS) is 12.7. The Hall–Kier alpha value is -3.52. The van der Waals surface area contributed by atoms with E-state index in [-0.39, 0.29) is 35.1 Å². The third-order valence-electron chi connectivity index (χ3n) is 4.05. The molecule has 1 heterocycles. The van der Waals surface area contributed by atoms with Crippen LogP contribution < -0.4 is 10.6 Å². The van der Waals surface area contributed by atoms with E-state index >= 15 is 0 Å². The van der Waals surface area contributed by atoms with Crippen LogP contribution in [0.25, 0.3) is 0 Å². The first-order chi connectivity index (χ1) is 12.9. The van der Waals surface area contributed by atoms with Gasteiger partial charge in [0.05, 0.1) is 11.1 Å². The Labute approximate surface area is 155 Å². The molecule has 0 radical (unpaired) electrons. The molecule has 0 atom stereocenters. The molecule has 0 spiro atoms. The number of nitrogens with zero attached hydrogens (tertiary/aromatic N) is 1. The molecule has 27 heavy (non-hydrogen) atoms. The number of rotatable bonds is 5. The number of hydrogen-bond donors (Lipinski definition) is 2. The average molecular weight is 367 g/mol. The zero-order valence-corrected chi connectivity index (χ0v) is 14.7. The summed E-state index contributed by atoms with van der Waals surface area (Å²) in [5.74, 6) is -1.51. The van der Waals surface area contributed by atoms with E-state index in [0.29, 0.717) is 11.4 Å². The van der Waals surface area contributed by atoms with E-state index in [9.17, 15) is 19.2 Å². The van der Waals surface area contributed by atoms with Crippen LogP contribution in [0.2, 0.25) is 0 Å². The third kappa shape index (κ3) is 3.70. The summed E-state index contributed by atoms with van der Waals surface area (Å²) in [6.07, 6.45) is 0. The molecule has 0 aliphatic carbocycles. The maximum absolute atomic E-state index is 12.4. The number of carbonyl (C=O) groups is 4. The molecule has 0 unspecified atom stereocenters. The Morgan fingerprint density at radius 1 is 0.926 bits per heavy atom. The number of carbonyl (C=O) groups excluding carboxylic acids is 4. The van der Waals surface area contributed by atoms with Gasteiger partial charge in [-0.15, -0.1) is 0 Å². The average Bonchev–Trinajstić information content (AvgIpc) is 2.87. The van der Waals surface area contributed by atoms with Gasteiger partial charge < -0.3 is 15.4 Å². The number of anilines is 2. The molecule has 1 aliphatic heterocycles. The molecule has 2 aromatic carbocycles. The second-order valence-corrected chi connectivity index (χ2v) is 5.94. The summed E-state index contributed by atoms with van der Waals surface area (Å²) in [7, 11) is 2.83. The third-order valence-corrected chi connectivity index (χ3v) is 4.05. The minimum absolute atomic E-state index is 0.0484. The summed E-state index contributed by atoms with van der Waals surface area (Å²) in [6.45, 7) is -0.0484. The van der Waals surface area contributed by atoms with E-state index in [1.54, 1.807) is 24.3 Å². The van der Waals surface area contributed by atoms with Crippen molar-refractivity contribution in [3.63, 3.8) is 0 Å². The molecule has 8 heteroatoms. The molecule has 3 rings (SSSR count). The molecule has 0 fully saturated rings. The number of hydrogen-bond acceptors (Lipinski definition) is 5. The highest BCUT2D eigenvalue weighted by atomic mass is 16.5. The van der Waals surface area contributed by atoms with Gasteiger partial charge in [-0.2, -0.15) is 0 Å². The van der Waals surface area contributed by atoms with Crippen molar-refractivity contribution in [3.05, 3.63) is 59.2 Å². The molecule has 138 valence electrons. The quantitative estimate of drug-likeness (QED) is 0.784. The molecular weight excluding hydrogens is 350 g/mol. The molecule has 2 aromatic rings. The molecule has 1 aliphatic rings. The van der Waals surface area contributed by atoms with Crippen molar-refractivity contribution in [3.8, 4) is 0 Å². The molecule has 2 N–H and O–H groups in total. The van der Waals surface area contributed by atoms with E-state index in [2.05, 4.69) is 10.6 Å². The summed E-state index contributed by atoms with van der Waals surface area (Å²) >= 11 is 0. The van der Waals surface area contributed by atoms with Gasteiger partial charge in [0.2, 0.25) is 5.91 Å². The van der Waals surface area contributed by atoms with Gasteiger partial charge in [0.1, 0.15) is 6.61 Å². The highest BCUT2D eigenvalue weighted by Crippen LogP contribution is 2.23. The fourth-order valence-electron chi connectivity index (χ4n) is 2.67. The van der Waals surface area contributed by atoms with Crippen LogP contribution in [-0.4, -0.2) is 49.3 Å². The molecule has 0 aromatic heterocycles. The van der Waals surface area contributed by atoms with Gasteiger partial charge in [-0.05, 0) is 42.5 Å². The Morgan fingerprint density at radius 2 is 1.52 bits per heavy atom. The zero-order valence-electron chi connectivity index (χ0n) is 14.7. The second-order valence-electron chi connectivity index (χ2n) is 5.94. The lowest BCUT2D eigenvalue weighted by molar-refractivity contribution is -0.119. The van der Waals surface area contributed by atoms with Gasteiger partial charge in [0.25, 0.3) is 17.7 Å². The number of amides is 4. The van der Waals surface area contributed by atoms with Gasteiger partial charge in [-0.3, -0.25) is 24.1 Å².